The van der Waals surface area contributed by atoms with Gasteiger partial charge in [0.2, 0.25) is 0 Å². The van der Waals surface area contributed by atoms with Crippen LogP contribution in [0.1, 0.15) is 33.1 Å². The number of methoxy groups -OCH3 is 1. The van der Waals surface area contributed by atoms with E-state index >= 15 is 0 Å². The third kappa shape index (κ3) is 2.64. The van der Waals surface area contributed by atoms with E-state index in [1.54, 1.807) is 7.11 Å². The van der Waals surface area contributed by atoms with E-state index in [0.717, 1.165) is 12.8 Å². The van der Waals surface area contributed by atoms with E-state index in [0.29, 0.717) is 6.42 Å². The number of rotatable bonds is 3. The molecule has 2 unspecified atom stereocenters. The summed E-state index contributed by atoms with van der Waals surface area (Å²) in [5.41, 5.74) is -0.368. The predicted octanol–water partition coefficient (Wildman–Crippen LogP) is 1.23. The van der Waals surface area contributed by atoms with Gasteiger partial charge in [0.05, 0.1) is 0 Å². The fraction of sp³-hybridized carbons (Fsp3) is 1.00. The van der Waals surface area contributed by atoms with Gasteiger partial charge in [-0.05, 0) is 20.3 Å². The lowest BCUT2D eigenvalue weighted by molar-refractivity contribution is -0.482. The largest absolute Gasteiger partial charge is 0.396 e. The molecule has 0 radical (unpaired) electrons. The molecule has 4 nitrogen and oxygen atoms in total. The van der Waals surface area contributed by atoms with Gasteiger partial charge in [0, 0.05) is 26.6 Å². The van der Waals surface area contributed by atoms with Crippen LogP contribution in [0.3, 0.4) is 0 Å². The van der Waals surface area contributed by atoms with Gasteiger partial charge >= 0.3 is 0 Å². The Balaban J connectivity index is 2.46. The highest BCUT2D eigenvalue weighted by molar-refractivity contribution is 4.80. The van der Waals surface area contributed by atoms with Gasteiger partial charge in [-0.25, -0.2) is 9.78 Å². The highest BCUT2D eigenvalue weighted by Gasteiger charge is 2.40. The first-order chi connectivity index (χ1) is 6.04. The lowest BCUT2D eigenvalue weighted by Gasteiger charge is -2.40. The van der Waals surface area contributed by atoms with E-state index < -0.39 is 5.79 Å². The molecule has 1 aliphatic heterocycles. The summed E-state index contributed by atoms with van der Waals surface area (Å²) in [7, 11) is 1.60. The van der Waals surface area contributed by atoms with Gasteiger partial charge in [-0.3, -0.25) is 0 Å². The fourth-order valence-electron chi connectivity index (χ4n) is 1.30. The third-order valence-corrected chi connectivity index (χ3v) is 2.60. The van der Waals surface area contributed by atoms with Crippen molar-refractivity contribution in [2.45, 2.75) is 44.5 Å². The molecule has 0 aromatic rings. The van der Waals surface area contributed by atoms with E-state index in [9.17, 15) is 0 Å². The lowest BCUT2D eigenvalue weighted by Crippen LogP contribution is -2.45. The van der Waals surface area contributed by atoms with Crippen LogP contribution in [0.4, 0.5) is 0 Å². The van der Waals surface area contributed by atoms with E-state index in [1.807, 2.05) is 13.8 Å². The van der Waals surface area contributed by atoms with Gasteiger partial charge < -0.3 is 9.84 Å². The smallest absolute Gasteiger partial charge is 0.198 e. The molecule has 2 atom stereocenters. The van der Waals surface area contributed by atoms with Gasteiger partial charge in [0.25, 0.3) is 0 Å². The summed E-state index contributed by atoms with van der Waals surface area (Å²) in [4.78, 5) is 10.4. The van der Waals surface area contributed by atoms with Crippen molar-refractivity contribution in [2.24, 2.45) is 0 Å². The maximum absolute atomic E-state index is 8.80. The van der Waals surface area contributed by atoms with E-state index in [2.05, 4.69) is 0 Å². The zero-order chi connectivity index (χ0) is 9.95. The van der Waals surface area contributed by atoms with Gasteiger partial charge in [-0.1, -0.05) is 0 Å². The van der Waals surface area contributed by atoms with Crippen molar-refractivity contribution in [1.29, 1.82) is 0 Å². The highest BCUT2D eigenvalue weighted by Crippen LogP contribution is 2.35. The van der Waals surface area contributed by atoms with Crippen molar-refractivity contribution < 1.29 is 19.6 Å². The predicted molar refractivity (Wildman–Crippen MR) is 46.9 cm³/mol. The van der Waals surface area contributed by atoms with Crippen LogP contribution in [0.2, 0.25) is 0 Å². The molecule has 0 spiro atoms. The summed E-state index contributed by atoms with van der Waals surface area (Å²) >= 11 is 0. The molecule has 1 heterocycles. The fourth-order valence-corrected chi connectivity index (χ4v) is 1.30. The third-order valence-electron chi connectivity index (χ3n) is 2.60. The maximum Gasteiger partial charge on any atom is 0.198 e. The standard InChI is InChI=1S/C9H18O4/c1-8(6-7-10)4-5-9(2,11-3)13-12-8/h10H,4-7H2,1-3H3. The van der Waals surface area contributed by atoms with Crippen molar-refractivity contribution in [3.05, 3.63) is 0 Å². The molecule has 0 aliphatic carbocycles. The average Bonchev–Trinajstić information content (AvgIpc) is 2.12. The van der Waals surface area contributed by atoms with Gasteiger partial charge in [-0.15, -0.1) is 0 Å². The highest BCUT2D eigenvalue weighted by atomic mass is 17.2. The molecule has 0 amide bonds. The second-order valence-electron chi connectivity index (χ2n) is 3.93. The molecule has 0 aromatic carbocycles. The minimum atomic E-state index is -0.630. The number of hydrogen-bond acceptors (Lipinski definition) is 4. The Morgan fingerprint density at radius 3 is 2.38 bits per heavy atom. The molecule has 0 saturated carbocycles. The maximum atomic E-state index is 8.80. The summed E-state index contributed by atoms with van der Waals surface area (Å²) in [6.45, 7) is 3.88. The van der Waals surface area contributed by atoms with Crippen LogP contribution < -0.4 is 0 Å². The zero-order valence-corrected chi connectivity index (χ0v) is 8.50. The van der Waals surface area contributed by atoms with Crippen LogP contribution in [0.15, 0.2) is 0 Å². The van der Waals surface area contributed by atoms with Crippen molar-refractivity contribution in [1.82, 2.24) is 0 Å². The first-order valence-corrected chi connectivity index (χ1v) is 4.56. The first-order valence-electron chi connectivity index (χ1n) is 4.56. The molecule has 4 heteroatoms. The molecule has 0 aromatic heterocycles. The second-order valence-corrected chi connectivity index (χ2v) is 3.93. The van der Waals surface area contributed by atoms with E-state index in [1.165, 1.54) is 0 Å². The van der Waals surface area contributed by atoms with Crippen LogP contribution in [0.5, 0.6) is 0 Å². The Kier molecular flexibility index (Phi) is 3.29. The van der Waals surface area contributed by atoms with Crippen LogP contribution in [0, 0.1) is 0 Å². The minimum Gasteiger partial charge on any atom is -0.396 e. The molecule has 78 valence electrons. The minimum absolute atomic E-state index is 0.115. The Bertz CT molecular complexity index is 161. The molecule has 1 N–H and O–H groups in total. The number of aliphatic hydroxyl groups is 1. The van der Waals surface area contributed by atoms with Crippen LogP contribution in [-0.2, 0) is 14.5 Å². The number of ether oxygens (including phenoxy) is 1. The molecule has 13 heavy (non-hydrogen) atoms. The number of hydrogen-bond donors (Lipinski definition) is 1. The monoisotopic (exact) mass is 190 g/mol. The van der Waals surface area contributed by atoms with Crippen LogP contribution in [-0.4, -0.2) is 30.2 Å². The number of aliphatic hydroxyl groups excluding tert-OH is 1. The van der Waals surface area contributed by atoms with E-state index in [-0.39, 0.29) is 12.2 Å². The second kappa shape index (κ2) is 3.92. The molecule has 1 saturated heterocycles. The van der Waals surface area contributed by atoms with Crippen molar-refractivity contribution in [2.75, 3.05) is 13.7 Å². The summed E-state index contributed by atoms with van der Waals surface area (Å²) in [6, 6.07) is 0. The Labute approximate surface area is 78.7 Å². The Morgan fingerprint density at radius 1 is 1.31 bits per heavy atom. The molecular formula is C9H18O4. The van der Waals surface area contributed by atoms with Crippen LogP contribution >= 0.6 is 0 Å². The summed E-state index contributed by atoms with van der Waals surface area (Å²) in [5, 5.41) is 8.80. The molecule has 1 aliphatic rings. The summed E-state index contributed by atoms with van der Waals surface area (Å²) in [5.74, 6) is -0.630. The van der Waals surface area contributed by atoms with Crippen molar-refractivity contribution in [3.8, 4) is 0 Å². The van der Waals surface area contributed by atoms with Crippen molar-refractivity contribution >= 4 is 0 Å². The first kappa shape index (κ1) is 10.9. The van der Waals surface area contributed by atoms with Crippen molar-refractivity contribution in [3.63, 3.8) is 0 Å². The zero-order valence-electron chi connectivity index (χ0n) is 8.50. The quantitative estimate of drug-likeness (QED) is 0.680. The Morgan fingerprint density at radius 2 is 2.00 bits per heavy atom. The topological polar surface area (TPSA) is 47.9 Å². The van der Waals surface area contributed by atoms with E-state index in [4.69, 9.17) is 19.6 Å². The average molecular weight is 190 g/mol. The summed E-state index contributed by atoms with van der Waals surface area (Å²) < 4.78 is 5.14. The van der Waals surface area contributed by atoms with Crippen LogP contribution in [0.25, 0.3) is 0 Å². The van der Waals surface area contributed by atoms with Gasteiger partial charge in [0.1, 0.15) is 5.60 Å². The SMILES string of the molecule is COC1(C)CCC(C)(CCO)OO1. The Hall–Kier alpha value is -0.160. The molecule has 0 bridgehead atoms. The lowest BCUT2D eigenvalue weighted by atomic mass is 9.93. The molecular weight excluding hydrogens is 172 g/mol. The normalized spacial score (nSPS) is 40.6. The molecule has 1 rings (SSSR count). The van der Waals surface area contributed by atoms with Gasteiger partial charge in [-0.2, -0.15) is 0 Å². The summed E-state index contributed by atoms with van der Waals surface area (Å²) in [6.07, 6.45) is 2.20. The molecule has 1 fully saturated rings. The van der Waals surface area contributed by atoms with Gasteiger partial charge in [0.15, 0.2) is 5.79 Å².